The van der Waals surface area contributed by atoms with Crippen LogP contribution in [0.15, 0.2) is 24.5 Å². The van der Waals surface area contributed by atoms with Crippen molar-refractivity contribution in [3.05, 3.63) is 30.1 Å². The van der Waals surface area contributed by atoms with E-state index in [4.69, 9.17) is 10.5 Å². The van der Waals surface area contributed by atoms with E-state index in [-0.39, 0.29) is 18.1 Å². The molecule has 2 heterocycles. The van der Waals surface area contributed by atoms with E-state index in [1.807, 2.05) is 24.0 Å². The van der Waals surface area contributed by atoms with Gasteiger partial charge in [0, 0.05) is 37.9 Å². The van der Waals surface area contributed by atoms with E-state index in [1.165, 1.54) is 0 Å². The maximum absolute atomic E-state index is 12.2. The van der Waals surface area contributed by atoms with Gasteiger partial charge in [0.15, 0.2) is 0 Å². The van der Waals surface area contributed by atoms with Crippen LogP contribution in [0.4, 0.5) is 0 Å². The highest BCUT2D eigenvalue weighted by molar-refractivity contribution is 5.76. The fourth-order valence-electron chi connectivity index (χ4n) is 2.18. The summed E-state index contributed by atoms with van der Waals surface area (Å²) in [5.41, 5.74) is 6.96. The summed E-state index contributed by atoms with van der Waals surface area (Å²) in [5, 5.41) is 0. The lowest BCUT2D eigenvalue weighted by Crippen LogP contribution is -2.51. The Balaban J connectivity index is 1.83. The number of nitrogens with two attached hydrogens (primary N) is 1. The zero-order valence-electron chi connectivity index (χ0n) is 11.3. The molecule has 5 heteroatoms. The van der Waals surface area contributed by atoms with Gasteiger partial charge in [-0.1, -0.05) is 0 Å². The van der Waals surface area contributed by atoms with Crippen molar-refractivity contribution >= 4 is 5.91 Å². The number of morpholine rings is 1. The molecule has 2 atom stereocenters. The Bertz CT molecular complexity index is 408. The number of carbonyl (C=O) groups excluding carboxylic acids is 1. The first-order valence-electron chi connectivity index (χ1n) is 6.70. The Morgan fingerprint density at radius 3 is 3.00 bits per heavy atom. The van der Waals surface area contributed by atoms with Crippen LogP contribution in [0.1, 0.15) is 18.9 Å². The fourth-order valence-corrected chi connectivity index (χ4v) is 2.18. The molecule has 0 saturated carbocycles. The number of hydrogen-bond donors (Lipinski definition) is 1. The molecule has 1 aromatic rings. The minimum absolute atomic E-state index is 0.0429. The largest absolute Gasteiger partial charge is 0.373 e. The van der Waals surface area contributed by atoms with E-state index in [2.05, 4.69) is 4.98 Å². The van der Waals surface area contributed by atoms with Crippen molar-refractivity contribution in [3.8, 4) is 0 Å². The molecule has 2 rings (SSSR count). The molecule has 2 unspecified atom stereocenters. The lowest BCUT2D eigenvalue weighted by molar-refractivity contribution is -0.139. The van der Waals surface area contributed by atoms with Gasteiger partial charge in [0.2, 0.25) is 5.91 Å². The number of amides is 1. The summed E-state index contributed by atoms with van der Waals surface area (Å²) in [5.74, 6) is 0.172. The Labute approximate surface area is 113 Å². The maximum Gasteiger partial charge on any atom is 0.223 e. The topological polar surface area (TPSA) is 68.5 Å². The van der Waals surface area contributed by atoms with E-state index in [1.54, 1.807) is 12.4 Å². The average molecular weight is 263 g/mol. The van der Waals surface area contributed by atoms with E-state index in [0.717, 1.165) is 12.0 Å². The van der Waals surface area contributed by atoms with Crippen LogP contribution in [0.5, 0.6) is 0 Å². The van der Waals surface area contributed by atoms with E-state index >= 15 is 0 Å². The lowest BCUT2D eigenvalue weighted by Gasteiger charge is -2.34. The van der Waals surface area contributed by atoms with Crippen molar-refractivity contribution in [2.24, 2.45) is 5.73 Å². The van der Waals surface area contributed by atoms with Crippen molar-refractivity contribution in [1.29, 1.82) is 0 Å². The Hall–Kier alpha value is -1.46. The molecule has 2 N–H and O–H groups in total. The second kappa shape index (κ2) is 6.63. The van der Waals surface area contributed by atoms with Crippen molar-refractivity contribution in [3.63, 3.8) is 0 Å². The van der Waals surface area contributed by atoms with Gasteiger partial charge in [-0.3, -0.25) is 9.78 Å². The summed E-state index contributed by atoms with van der Waals surface area (Å²) in [6.07, 6.45) is 4.73. The van der Waals surface area contributed by atoms with Crippen LogP contribution in [0.3, 0.4) is 0 Å². The fraction of sp³-hybridized carbons (Fsp3) is 0.571. The monoisotopic (exact) mass is 263 g/mol. The van der Waals surface area contributed by atoms with Crippen LogP contribution < -0.4 is 5.73 Å². The highest BCUT2D eigenvalue weighted by Gasteiger charge is 2.26. The normalized spacial score (nSPS) is 21.2. The number of aromatic nitrogens is 1. The second-order valence-corrected chi connectivity index (χ2v) is 4.96. The number of hydrogen-bond acceptors (Lipinski definition) is 4. The molecule has 0 radical (unpaired) electrons. The Kier molecular flexibility index (Phi) is 4.87. The van der Waals surface area contributed by atoms with Crippen molar-refractivity contribution < 1.29 is 9.53 Å². The summed E-state index contributed by atoms with van der Waals surface area (Å²) in [6.45, 7) is 3.76. The molecule has 19 heavy (non-hydrogen) atoms. The molecule has 0 aliphatic carbocycles. The molecule has 5 nitrogen and oxygen atoms in total. The smallest absolute Gasteiger partial charge is 0.223 e. The van der Waals surface area contributed by atoms with Crippen LogP contribution in [-0.2, 0) is 16.0 Å². The summed E-state index contributed by atoms with van der Waals surface area (Å²) in [7, 11) is 0. The molecule has 0 bridgehead atoms. The maximum atomic E-state index is 12.2. The van der Waals surface area contributed by atoms with Crippen LogP contribution in [0, 0.1) is 0 Å². The van der Waals surface area contributed by atoms with Gasteiger partial charge < -0.3 is 15.4 Å². The first kappa shape index (κ1) is 14.0. The molecule has 1 saturated heterocycles. The quantitative estimate of drug-likeness (QED) is 0.863. The number of ether oxygens (including phenoxy) is 1. The summed E-state index contributed by atoms with van der Waals surface area (Å²) >= 11 is 0. The third-order valence-electron chi connectivity index (χ3n) is 3.41. The van der Waals surface area contributed by atoms with Crippen molar-refractivity contribution in [1.82, 2.24) is 9.88 Å². The van der Waals surface area contributed by atoms with Gasteiger partial charge in [0.05, 0.1) is 12.7 Å². The molecule has 0 aromatic carbocycles. The van der Waals surface area contributed by atoms with Gasteiger partial charge in [-0.25, -0.2) is 0 Å². The summed E-state index contributed by atoms with van der Waals surface area (Å²) < 4.78 is 5.56. The predicted molar refractivity (Wildman–Crippen MR) is 72.5 cm³/mol. The standard InChI is InChI=1S/C14H21N3O2/c1-11(15)13-10-17(8-9-19-13)14(18)3-2-12-4-6-16-7-5-12/h4-7,11,13H,2-3,8-10,15H2,1H3. The van der Waals surface area contributed by atoms with Gasteiger partial charge in [-0.05, 0) is 31.0 Å². The van der Waals surface area contributed by atoms with Gasteiger partial charge in [-0.2, -0.15) is 0 Å². The first-order chi connectivity index (χ1) is 9.16. The minimum Gasteiger partial charge on any atom is -0.373 e. The van der Waals surface area contributed by atoms with E-state index < -0.39 is 0 Å². The number of nitrogens with zero attached hydrogens (tertiary/aromatic N) is 2. The van der Waals surface area contributed by atoms with Crippen molar-refractivity contribution in [2.75, 3.05) is 19.7 Å². The third kappa shape index (κ3) is 4.01. The molecule has 1 aromatic heterocycles. The Morgan fingerprint density at radius 2 is 2.32 bits per heavy atom. The van der Waals surface area contributed by atoms with Crippen LogP contribution >= 0.6 is 0 Å². The van der Waals surface area contributed by atoms with E-state index in [9.17, 15) is 4.79 Å². The highest BCUT2D eigenvalue weighted by Crippen LogP contribution is 2.10. The van der Waals surface area contributed by atoms with Gasteiger partial charge in [-0.15, -0.1) is 0 Å². The molecule has 1 aliphatic heterocycles. The molecule has 1 fully saturated rings. The van der Waals surface area contributed by atoms with Crippen molar-refractivity contribution in [2.45, 2.75) is 31.9 Å². The molecule has 1 amide bonds. The number of aryl methyl sites for hydroxylation is 1. The number of rotatable bonds is 4. The summed E-state index contributed by atoms with van der Waals surface area (Å²) in [6, 6.07) is 3.84. The number of pyridine rings is 1. The minimum atomic E-state index is -0.0456. The van der Waals surface area contributed by atoms with Crippen LogP contribution in [-0.4, -0.2) is 47.6 Å². The van der Waals surface area contributed by atoms with Gasteiger partial charge in [0.25, 0.3) is 0 Å². The molecule has 104 valence electrons. The summed E-state index contributed by atoms with van der Waals surface area (Å²) in [4.78, 5) is 18.0. The number of carbonyl (C=O) groups is 1. The van der Waals surface area contributed by atoms with Crippen LogP contribution in [0.2, 0.25) is 0 Å². The lowest BCUT2D eigenvalue weighted by atomic mass is 10.1. The van der Waals surface area contributed by atoms with Gasteiger partial charge >= 0.3 is 0 Å². The third-order valence-corrected chi connectivity index (χ3v) is 3.41. The molecule has 0 spiro atoms. The molecular formula is C14H21N3O2. The van der Waals surface area contributed by atoms with Crippen LogP contribution in [0.25, 0.3) is 0 Å². The SMILES string of the molecule is CC(N)C1CN(C(=O)CCc2ccncc2)CCO1. The Morgan fingerprint density at radius 1 is 1.58 bits per heavy atom. The van der Waals surface area contributed by atoms with E-state index in [0.29, 0.717) is 26.1 Å². The highest BCUT2D eigenvalue weighted by atomic mass is 16.5. The second-order valence-electron chi connectivity index (χ2n) is 4.96. The predicted octanol–water partition coefficient (Wildman–Crippen LogP) is 0.589. The zero-order chi connectivity index (χ0) is 13.7. The molecule has 1 aliphatic rings. The first-order valence-corrected chi connectivity index (χ1v) is 6.70. The van der Waals surface area contributed by atoms with Gasteiger partial charge in [0.1, 0.15) is 0 Å². The molecular weight excluding hydrogens is 242 g/mol. The average Bonchev–Trinajstić information content (AvgIpc) is 2.46. The zero-order valence-corrected chi connectivity index (χ0v) is 11.3.